The van der Waals surface area contributed by atoms with E-state index >= 15 is 0 Å². The second-order valence-electron chi connectivity index (χ2n) is 23.5. The Bertz CT molecular complexity index is 6130. The molecule has 0 atom stereocenters. The fraction of sp³-hybridized carbons (Fsp3) is 0. The van der Waals surface area contributed by atoms with Gasteiger partial charge in [0.25, 0.3) is 0 Å². The van der Waals surface area contributed by atoms with Gasteiger partial charge in [0.05, 0.1) is 71.7 Å². The number of benzene rings is 13. The van der Waals surface area contributed by atoms with E-state index in [2.05, 4.69) is 343 Å². The van der Waals surface area contributed by atoms with Crippen LogP contribution in [0.4, 0.5) is 0 Å². The maximum atomic E-state index is 5.55. The summed E-state index contributed by atoms with van der Waals surface area (Å²) in [5.74, 6) is 0. The molecular formula is C83H53N7. The summed E-state index contributed by atoms with van der Waals surface area (Å²) in [6.45, 7) is 0. The maximum absolute atomic E-state index is 5.55. The zero-order valence-electron chi connectivity index (χ0n) is 48.7. The maximum Gasteiger partial charge on any atom is 0.0787 e. The Labute approximate surface area is 516 Å². The van der Waals surface area contributed by atoms with E-state index in [1.54, 1.807) is 0 Å². The topological polar surface area (TPSA) is 42.5 Å². The zero-order valence-corrected chi connectivity index (χ0v) is 48.7. The lowest BCUT2D eigenvalue weighted by atomic mass is 9.94. The van der Waals surface area contributed by atoms with E-state index in [9.17, 15) is 0 Å². The molecule has 0 saturated heterocycles. The number of aromatic nitrogens is 7. The van der Waals surface area contributed by atoms with Crippen molar-refractivity contribution in [3.63, 3.8) is 0 Å². The molecular weight excluding hydrogens is 1090 g/mol. The highest BCUT2D eigenvalue weighted by atomic mass is 15.1. The third-order valence-corrected chi connectivity index (χ3v) is 18.7. The summed E-state index contributed by atoms with van der Waals surface area (Å²) in [5, 5.41) is 12.4. The Morgan fingerprint density at radius 3 is 0.878 bits per heavy atom. The normalized spacial score (nSPS) is 12.0. The van der Waals surface area contributed by atoms with Crippen LogP contribution >= 0.6 is 0 Å². The molecule has 5 heterocycles. The molecule has 19 aromatic rings. The fourth-order valence-electron chi connectivity index (χ4n) is 14.9. The summed E-state index contributed by atoms with van der Waals surface area (Å²) >= 11 is 0. The van der Waals surface area contributed by atoms with Crippen LogP contribution in [0.3, 0.4) is 0 Å². The largest absolute Gasteiger partial charge is 0.309 e. The van der Waals surface area contributed by atoms with Gasteiger partial charge in [0.15, 0.2) is 0 Å². The van der Waals surface area contributed by atoms with Crippen LogP contribution in [0.5, 0.6) is 0 Å². The van der Waals surface area contributed by atoms with Crippen LogP contribution in [0, 0.1) is 0 Å². The van der Waals surface area contributed by atoms with E-state index in [4.69, 9.17) is 4.98 Å². The van der Waals surface area contributed by atoms with E-state index in [0.717, 1.165) is 133 Å². The molecule has 90 heavy (non-hydrogen) atoms. The third-order valence-electron chi connectivity index (χ3n) is 18.7. The molecule has 0 aliphatic heterocycles. The third kappa shape index (κ3) is 7.38. The molecule has 0 aliphatic rings. The fourth-order valence-corrected chi connectivity index (χ4v) is 14.9. The summed E-state index contributed by atoms with van der Waals surface area (Å²) < 4.78 is 14.7. The minimum Gasteiger partial charge on any atom is -0.309 e. The molecule has 0 N–H and O–H groups in total. The number of rotatable bonds is 6. The summed E-state index contributed by atoms with van der Waals surface area (Å²) in [4.78, 5) is 5.55. The molecule has 7 heteroatoms. The van der Waals surface area contributed by atoms with Gasteiger partial charge in [0.1, 0.15) is 0 Å². The lowest BCUT2D eigenvalue weighted by Gasteiger charge is -2.24. The molecule has 5 aromatic heterocycles. The van der Waals surface area contributed by atoms with Crippen molar-refractivity contribution in [2.45, 2.75) is 0 Å². The molecule has 420 valence electrons. The van der Waals surface area contributed by atoms with Gasteiger partial charge >= 0.3 is 0 Å². The van der Waals surface area contributed by atoms with Crippen molar-refractivity contribution in [1.29, 1.82) is 0 Å². The summed E-state index contributed by atoms with van der Waals surface area (Å²) in [5.41, 5.74) is 20.6. The van der Waals surface area contributed by atoms with Gasteiger partial charge in [0, 0.05) is 72.6 Å². The van der Waals surface area contributed by atoms with E-state index in [-0.39, 0.29) is 0 Å². The van der Waals surface area contributed by atoms with Crippen molar-refractivity contribution in [2.75, 3.05) is 0 Å². The summed E-state index contributed by atoms with van der Waals surface area (Å²) in [6, 6.07) is 116. The van der Waals surface area contributed by atoms with Crippen LogP contribution in [0.1, 0.15) is 0 Å². The molecule has 0 unspecified atom stereocenters. The Morgan fingerprint density at radius 2 is 0.444 bits per heavy atom. The van der Waals surface area contributed by atoms with Crippen LogP contribution in [0.15, 0.2) is 322 Å². The van der Waals surface area contributed by atoms with Crippen molar-refractivity contribution in [3.8, 4) is 34.1 Å². The van der Waals surface area contributed by atoms with Crippen LogP contribution in [0.25, 0.3) is 165 Å². The van der Waals surface area contributed by atoms with Crippen LogP contribution in [-0.4, -0.2) is 32.4 Å². The van der Waals surface area contributed by atoms with E-state index in [1.165, 1.54) is 32.6 Å². The molecule has 14 aromatic carbocycles. The Hall–Kier alpha value is -12.2. The predicted molar refractivity (Wildman–Crippen MR) is 377 cm³/mol. The monoisotopic (exact) mass is 1150 g/mol. The molecule has 19 rings (SSSR count). The van der Waals surface area contributed by atoms with E-state index < -0.39 is 0 Å². The predicted octanol–water partition coefficient (Wildman–Crippen LogP) is 21.4. The van der Waals surface area contributed by atoms with Gasteiger partial charge in [-0.25, -0.2) is 0 Å². The molecule has 7 nitrogen and oxygen atoms in total. The smallest absolute Gasteiger partial charge is 0.0787 e. The second-order valence-corrected chi connectivity index (χ2v) is 23.5. The van der Waals surface area contributed by atoms with Gasteiger partial charge in [-0.2, -0.15) is 0 Å². The lowest BCUT2D eigenvalue weighted by molar-refractivity contribution is 1.09. The summed E-state index contributed by atoms with van der Waals surface area (Å²) in [7, 11) is 0. The van der Waals surface area contributed by atoms with Gasteiger partial charge < -0.3 is 27.4 Å². The Kier molecular flexibility index (Phi) is 10.9. The van der Waals surface area contributed by atoms with Crippen LogP contribution < -0.4 is 0 Å². The molecule has 0 spiro atoms. The molecule has 0 saturated carbocycles. The first-order valence-electron chi connectivity index (χ1n) is 30.8. The van der Waals surface area contributed by atoms with Gasteiger partial charge in [-0.3, -0.25) is 4.98 Å². The molecule has 0 radical (unpaired) electrons. The van der Waals surface area contributed by atoms with Crippen molar-refractivity contribution in [3.05, 3.63) is 322 Å². The zero-order chi connectivity index (χ0) is 59.0. The highest BCUT2D eigenvalue weighted by Crippen LogP contribution is 2.44. The van der Waals surface area contributed by atoms with Crippen molar-refractivity contribution in [2.24, 2.45) is 0 Å². The molecule has 0 amide bonds. The van der Waals surface area contributed by atoms with E-state index in [1.807, 2.05) is 6.20 Å². The number of nitrogens with zero attached hydrogens (tertiary/aromatic N) is 7. The summed E-state index contributed by atoms with van der Waals surface area (Å²) in [6.07, 6.45) is 1.97. The molecule has 0 aliphatic carbocycles. The standard InChI is InChI=1S/C83H53N7/c1-5-24-54(25-6-1)85-75-39-19-20-40-76(75)86(55-26-7-2-8-27-55)80-51-67-64-35-23-47-84-83(64)70-53-82-81(87(56-28-9-3-10-29-56)77-41-21-22-42-78(77)88(82)57-30-11-4-12-31-57)52-68(70)65-48-58(43-45-60(65)66(67)50-79(80)85)90-73-38-18-15-34-63(73)69-49-59(44-46-74(69)90)89-71-36-16-13-32-61(71)62-33-14-17-37-72(62)89/h1-53H. The first-order chi connectivity index (χ1) is 44.7. The van der Waals surface area contributed by atoms with Gasteiger partial charge in [-0.1, -0.05) is 164 Å². The number of para-hydroxylation sites is 11. The number of hydrogen-bond donors (Lipinski definition) is 0. The van der Waals surface area contributed by atoms with Crippen LogP contribution in [0.2, 0.25) is 0 Å². The van der Waals surface area contributed by atoms with Crippen LogP contribution in [-0.2, 0) is 0 Å². The second kappa shape index (κ2) is 19.7. The number of hydrogen-bond acceptors (Lipinski definition) is 1. The number of pyridine rings is 1. The van der Waals surface area contributed by atoms with Crippen molar-refractivity contribution in [1.82, 2.24) is 32.4 Å². The Morgan fingerprint density at radius 1 is 0.156 bits per heavy atom. The van der Waals surface area contributed by atoms with Crippen molar-refractivity contribution >= 4 is 131 Å². The number of fused-ring (bicyclic) bond motifs is 18. The highest BCUT2D eigenvalue weighted by Gasteiger charge is 2.23. The Balaban J connectivity index is 1.01. The lowest BCUT2D eigenvalue weighted by Crippen LogP contribution is -2.08. The minimum atomic E-state index is 0.905. The first-order valence-corrected chi connectivity index (χ1v) is 30.8. The quantitative estimate of drug-likeness (QED) is 0.153. The van der Waals surface area contributed by atoms with Crippen molar-refractivity contribution < 1.29 is 0 Å². The molecule has 0 bridgehead atoms. The van der Waals surface area contributed by atoms with Gasteiger partial charge in [-0.15, -0.1) is 0 Å². The molecule has 0 fully saturated rings. The van der Waals surface area contributed by atoms with Gasteiger partial charge in [0.2, 0.25) is 0 Å². The first kappa shape index (κ1) is 50.0. The van der Waals surface area contributed by atoms with E-state index in [0.29, 0.717) is 0 Å². The SMILES string of the molecule is c1ccc(-n2c3ccccc3n(-c3ccccc3)c3cc4c(cc32)c2ccc(-n3c5ccccc5c5cc(-n6c7ccccc7c7ccccc76)ccc53)cc2c2cc3c(cc2c2ncccc42)n(-c2ccccc2)c2ccccc2n3-c2ccccc2)cc1. The van der Waals surface area contributed by atoms with Gasteiger partial charge in [-0.05, 0) is 179 Å². The minimum absolute atomic E-state index is 0.905. The highest BCUT2D eigenvalue weighted by molar-refractivity contribution is 6.28. The average Bonchev–Trinajstić information content (AvgIpc) is 0.827. The average molecular weight is 1150 g/mol.